The Balaban J connectivity index is 2.17. The van der Waals surface area contributed by atoms with Crippen molar-refractivity contribution in [3.05, 3.63) is 0 Å². The predicted octanol–water partition coefficient (Wildman–Crippen LogP) is 0.893. The highest BCUT2D eigenvalue weighted by molar-refractivity contribution is 7.88. The number of rotatable bonds is 2. The second kappa shape index (κ2) is 4.27. The summed E-state index contributed by atoms with van der Waals surface area (Å²) in [5.74, 6) is 0. The largest absolute Gasteiger partial charge is 0.294 e. The van der Waals surface area contributed by atoms with E-state index in [1.54, 1.807) is 4.31 Å². The van der Waals surface area contributed by atoms with Gasteiger partial charge in [-0.3, -0.25) is 4.90 Å². The van der Waals surface area contributed by atoms with Gasteiger partial charge in [0.05, 0.1) is 6.26 Å². The van der Waals surface area contributed by atoms with Crippen LogP contribution in [0.1, 0.15) is 33.1 Å². The Kier molecular flexibility index (Phi) is 3.29. The lowest BCUT2D eigenvalue weighted by atomic mass is 10.1. The molecule has 16 heavy (non-hydrogen) atoms. The average molecular weight is 246 g/mol. The van der Waals surface area contributed by atoms with E-state index in [2.05, 4.69) is 18.7 Å². The fourth-order valence-electron chi connectivity index (χ4n) is 3.22. The van der Waals surface area contributed by atoms with Gasteiger partial charge < -0.3 is 0 Å². The van der Waals surface area contributed by atoms with E-state index in [0.29, 0.717) is 31.2 Å². The van der Waals surface area contributed by atoms with E-state index in [0.717, 1.165) is 12.8 Å². The molecule has 94 valence electrons. The van der Waals surface area contributed by atoms with Gasteiger partial charge in [-0.1, -0.05) is 0 Å². The Morgan fingerprint density at radius 3 is 2.31 bits per heavy atom. The maximum atomic E-state index is 11.6. The molecule has 2 atom stereocenters. The zero-order chi connectivity index (χ0) is 11.9. The minimum atomic E-state index is -3.01. The number of sulfonamides is 1. The Hall–Kier alpha value is -0.130. The molecule has 0 aromatic heterocycles. The molecule has 0 saturated carbocycles. The van der Waals surface area contributed by atoms with Gasteiger partial charge in [-0.15, -0.1) is 0 Å². The molecule has 0 aromatic carbocycles. The van der Waals surface area contributed by atoms with Crippen molar-refractivity contribution in [1.82, 2.24) is 9.21 Å². The summed E-state index contributed by atoms with van der Waals surface area (Å²) in [6, 6.07) is 1.55. The van der Waals surface area contributed by atoms with Crippen LogP contribution in [0.3, 0.4) is 0 Å². The Morgan fingerprint density at radius 1 is 1.12 bits per heavy atom. The molecule has 4 nitrogen and oxygen atoms in total. The summed E-state index contributed by atoms with van der Waals surface area (Å²) < 4.78 is 24.9. The third-order valence-electron chi connectivity index (χ3n) is 3.87. The molecule has 2 unspecified atom stereocenters. The topological polar surface area (TPSA) is 40.6 Å². The molecule has 0 spiro atoms. The van der Waals surface area contributed by atoms with Crippen molar-refractivity contribution in [2.45, 2.75) is 51.2 Å². The van der Waals surface area contributed by atoms with Gasteiger partial charge in [0.25, 0.3) is 0 Å². The normalized spacial score (nSPS) is 33.2. The SMILES string of the molecule is CC(C)N1C2CCC1CN(S(C)(=O)=O)CC2. The molecular formula is C11H22N2O2S. The van der Waals surface area contributed by atoms with Crippen LogP contribution in [-0.2, 0) is 10.0 Å². The van der Waals surface area contributed by atoms with Gasteiger partial charge in [0.1, 0.15) is 0 Å². The first-order valence-electron chi connectivity index (χ1n) is 6.12. The van der Waals surface area contributed by atoms with E-state index in [1.165, 1.54) is 12.7 Å². The van der Waals surface area contributed by atoms with Gasteiger partial charge in [-0.25, -0.2) is 12.7 Å². The van der Waals surface area contributed by atoms with E-state index >= 15 is 0 Å². The van der Waals surface area contributed by atoms with Crippen molar-refractivity contribution in [3.63, 3.8) is 0 Å². The lowest BCUT2D eigenvalue weighted by Gasteiger charge is -2.31. The number of hydrogen-bond acceptors (Lipinski definition) is 3. The smallest absolute Gasteiger partial charge is 0.211 e. The van der Waals surface area contributed by atoms with Gasteiger partial charge in [-0.05, 0) is 33.1 Å². The molecule has 0 aliphatic carbocycles. The molecule has 2 saturated heterocycles. The highest BCUT2D eigenvalue weighted by atomic mass is 32.2. The van der Waals surface area contributed by atoms with E-state index in [1.807, 2.05) is 0 Å². The first-order chi connectivity index (χ1) is 7.39. The lowest BCUT2D eigenvalue weighted by Crippen LogP contribution is -2.44. The van der Waals surface area contributed by atoms with Crippen LogP contribution < -0.4 is 0 Å². The lowest BCUT2D eigenvalue weighted by molar-refractivity contribution is 0.154. The standard InChI is InChI=1S/C11H22N2O2S/c1-9(2)13-10-4-5-11(13)8-12(7-6-10)16(3,14)15/h9-11H,4-8H2,1-3H3. The highest BCUT2D eigenvalue weighted by Gasteiger charge is 2.40. The minimum Gasteiger partial charge on any atom is -0.294 e. The third kappa shape index (κ3) is 2.26. The van der Waals surface area contributed by atoms with Crippen molar-refractivity contribution in [3.8, 4) is 0 Å². The number of fused-ring (bicyclic) bond motifs is 2. The summed E-state index contributed by atoms with van der Waals surface area (Å²) in [6.45, 7) is 5.81. The zero-order valence-corrected chi connectivity index (χ0v) is 11.2. The van der Waals surface area contributed by atoms with Gasteiger partial charge in [-0.2, -0.15) is 0 Å². The summed E-state index contributed by atoms with van der Waals surface area (Å²) in [6.07, 6.45) is 4.70. The van der Waals surface area contributed by atoms with Gasteiger partial charge >= 0.3 is 0 Å². The molecule has 2 bridgehead atoms. The molecule has 0 aromatic rings. The van der Waals surface area contributed by atoms with Crippen LogP contribution in [0.5, 0.6) is 0 Å². The van der Waals surface area contributed by atoms with Crippen molar-refractivity contribution in [1.29, 1.82) is 0 Å². The first-order valence-corrected chi connectivity index (χ1v) is 7.97. The highest BCUT2D eigenvalue weighted by Crippen LogP contribution is 2.32. The monoisotopic (exact) mass is 246 g/mol. The van der Waals surface area contributed by atoms with Crippen LogP contribution in [0.4, 0.5) is 0 Å². The van der Waals surface area contributed by atoms with Crippen LogP contribution in [0.2, 0.25) is 0 Å². The summed E-state index contributed by atoms with van der Waals surface area (Å²) in [4.78, 5) is 2.52. The van der Waals surface area contributed by atoms with Crippen molar-refractivity contribution in [2.75, 3.05) is 19.3 Å². The van der Waals surface area contributed by atoms with Crippen LogP contribution >= 0.6 is 0 Å². The van der Waals surface area contributed by atoms with Gasteiger partial charge in [0.15, 0.2) is 0 Å². The van der Waals surface area contributed by atoms with Gasteiger partial charge in [0.2, 0.25) is 10.0 Å². The zero-order valence-electron chi connectivity index (χ0n) is 10.4. The molecule has 2 aliphatic rings. The minimum absolute atomic E-state index is 0.433. The van der Waals surface area contributed by atoms with Crippen molar-refractivity contribution >= 4 is 10.0 Å². The molecule has 2 aliphatic heterocycles. The third-order valence-corrected chi connectivity index (χ3v) is 5.14. The maximum absolute atomic E-state index is 11.6. The predicted molar refractivity (Wildman–Crippen MR) is 64.8 cm³/mol. The van der Waals surface area contributed by atoms with Gasteiger partial charge in [0, 0.05) is 31.2 Å². The van der Waals surface area contributed by atoms with Crippen LogP contribution in [-0.4, -0.2) is 55.1 Å². The molecule has 0 N–H and O–H groups in total. The maximum Gasteiger partial charge on any atom is 0.211 e. The van der Waals surface area contributed by atoms with E-state index in [4.69, 9.17) is 0 Å². The molecule has 2 heterocycles. The second-order valence-electron chi connectivity index (χ2n) is 5.34. The van der Waals surface area contributed by atoms with Crippen molar-refractivity contribution < 1.29 is 8.42 Å². The first kappa shape index (κ1) is 12.3. The summed E-state index contributed by atoms with van der Waals surface area (Å²) in [5, 5.41) is 0. The number of nitrogens with zero attached hydrogens (tertiary/aromatic N) is 2. The Bertz CT molecular complexity index is 353. The fourth-order valence-corrected chi connectivity index (χ4v) is 4.10. The average Bonchev–Trinajstić information content (AvgIpc) is 2.37. The van der Waals surface area contributed by atoms with Crippen LogP contribution in [0.25, 0.3) is 0 Å². The van der Waals surface area contributed by atoms with Crippen LogP contribution in [0, 0.1) is 0 Å². The molecule has 2 rings (SSSR count). The second-order valence-corrected chi connectivity index (χ2v) is 7.32. The number of hydrogen-bond donors (Lipinski definition) is 0. The van der Waals surface area contributed by atoms with Crippen molar-refractivity contribution in [2.24, 2.45) is 0 Å². The van der Waals surface area contributed by atoms with E-state index in [9.17, 15) is 8.42 Å². The van der Waals surface area contributed by atoms with Crippen LogP contribution in [0.15, 0.2) is 0 Å². The fraction of sp³-hybridized carbons (Fsp3) is 1.00. The molecule has 2 fully saturated rings. The molecular weight excluding hydrogens is 224 g/mol. The summed E-state index contributed by atoms with van der Waals surface area (Å²) in [5.41, 5.74) is 0. The molecule has 5 heteroatoms. The Morgan fingerprint density at radius 2 is 1.75 bits per heavy atom. The molecule has 0 amide bonds. The summed E-state index contributed by atoms with van der Waals surface area (Å²) in [7, 11) is -3.01. The Labute approximate surface area is 98.7 Å². The van der Waals surface area contributed by atoms with E-state index < -0.39 is 10.0 Å². The van der Waals surface area contributed by atoms with E-state index in [-0.39, 0.29) is 0 Å². The quantitative estimate of drug-likeness (QED) is 0.726. The summed E-state index contributed by atoms with van der Waals surface area (Å²) >= 11 is 0. The molecule has 0 radical (unpaired) electrons.